The number of rotatable bonds is 10. The zero-order chi connectivity index (χ0) is 26.2. The van der Waals surface area contributed by atoms with Crippen LogP contribution in [0.3, 0.4) is 0 Å². The molecule has 0 amide bonds. The van der Waals surface area contributed by atoms with Crippen molar-refractivity contribution in [1.82, 2.24) is 29.5 Å². The van der Waals surface area contributed by atoms with Crippen molar-refractivity contribution in [3.8, 4) is 5.69 Å². The number of halogens is 1. The highest BCUT2D eigenvalue weighted by molar-refractivity contribution is 5.56. The topological polar surface area (TPSA) is 82.7 Å². The maximum Gasteiger partial charge on any atom is 0.246 e. The number of nitrogens with zero attached hydrogens (tertiary/aromatic N) is 6. The third kappa shape index (κ3) is 6.53. The van der Waals surface area contributed by atoms with E-state index in [1.165, 1.54) is 29.9 Å². The highest BCUT2D eigenvalue weighted by atomic mass is 19.1. The van der Waals surface area contributed by atoms with E-state index >= 15 is 0 Å². The second-order valence-electron chi connectivity index (χ2n) is 9.34. The van der Waals surface area contributed by atoms with Gasteiger partial charge >= 0.3 is 0 Å². The summed E-state index contributed by atoms with van der Waals surface area (Å²) in [6, 6.07) is 4.92. The third-order valence-electron chi connectivity index (χ3n) is 6.64. The number of aromatic nitrogens is 6. The van der Waals surface area contributed by atoms with Gasteiger partial charge in [0.05, 0.1) is 6.61 Å². The van der Waals surface area contributed by atoms with Crippen LogP contribution in [0.1, 0.15) is 63.5 Å². The van der Waals surface area contributed by atoms with Crippen LogP contribution in [0.25, 0.3) is 5.69 Å². The zero-order valence-electron chi connectivity index (χ0n) is 21.9. The quantitative estimate of drug-likeness (QED) is 0.254. The molecule has 0 radical (unpaired) electrons. The average Bonchev–Trinajstić information content (AvgIpc) is 3.45. The Bertz CT molecular complexity index is 1260. The Kier molecular flexibility index (Phi) is 8.87. The average molecular weight is 506 g/mol. The van der Waals surface area contributed by atoms with E-state index in [4.69, 9.17) is 14.8 Å². The molecule has 2 atom stereocenters. The fourth-order valence-corrected chi connectivity index (χ4v) is 4.74. The summed E-state index contributed by atoms with van der Waals surface area (Å²) in [7, 11) is 0. The Morgan fingerprint density at radius 3 is 2.92 bits per heavy atom. The summed E-state index contributed by atoms with van der Waals surface area (Å²) in [6.45, 7) is 11.2. The van der Waals surface area contributed by atoms with Gasteiger partial charge in [0, 0.05) is 18.2 Å². The van der Waals surface area contributed by atoms with Crippen molar-refractivity contribution in [3.05, 3.63) is 78.6 Å². The maximum absolute atomic E-state index is 14.9. The van der Waals surface area contributed by atoms with Crippen molar-refractivity contribution in [1.29, 1.82) is 0 Å². The van der Waals surface area contributed by atoms with Crippen molar-refractivity contribution in [2.45, 2.75) is 65.3 Å². The van der Waals surface area contributed by atoms with Crippen molar-refractivity contribution >= 4 is 11.6 Å². The molecule has 0 saturated carbocycles. The summed E-state index contributed by atoms with van der Waals surface area (Å²) in [4.78, 5) is 8.96. The monoisotopic (exact) mass is 505 g/mol. The van der Waals surface area contributed by atoms with Crippen LogP contribution in [0.2, 0.25) is 0 Å². The predicted molar refractivity (Wildman–Crippen MR) is 143 cm³/mol. The Morgan fingerprint density at radius 2 is 2.19 bits per heavy atom. The van der Waals surface area contributed by atoms with Gasteiger partial charge in [-0.05, 0) is 69.4 Å². The van der Waals surface area contributed by atoms with Gasteiger partial charge in [-0.2, -0.15) is 10.1 Å². The second kappa shape index (κ2) is 12.5. The molecular weight excluding hydrogens is 469 g/mol. The summed E-state index contributed by atoms with van der Waals surface area (Å²) >= 11 is 0. The molecular formula is C28H36FN7O. The highest BCUT2D eigenvalue weighted by Crippen LogP contribution is 2.34. The highest BCUT2D eigenvalue weighted by Gasteiger charge is 2.26. The van der Waals surface area contributed by atoms with Crippen LogP contribution in [0.15, 0.2) is 61.2 Å². The number of allylic oxidation sites excluding steroid dienone is 4. The molecule has 196 valence electrons. The molecule has 1 aromatic carbocycles. The van der Waals surface area contributed by atoms with E-state index in [1.807, 2.05) is 23.8 Å². The third-order valence-corrected chi connectivity index (χ3v) is 6.64. The smallest absolute Gasteiger partial charge is 0.246 e. The lowest BCUT2D eigenvalue weighted by Gasteiger charge is -2.24. The van der Waals surface area contributed by atoms with E-state index in [0.717, 1.165) is 37.4 Å². The van der Waals surface area contributed by atoms with E-state index in [-0.39, 0.29) is 5.92 Å². The van der Waals surface area contributed by atoms with Crippen LogP contribution < -0.4 is 5.32 Å². The summed E-state index contributed by atoms with van der Waals surface area (Å²) in [6.07, 6.45) is 14.6. The standard InChI is InChI=1S/C28H36FN7O/c1-5-11-23(37-6-2)13-10-12-20(3)24-14-8-7-9-17-35-27(24)33-28(34-35)32-22-15-16-26(25(29)18-22)36-21(4)30-19-31-36/h5,10-11,13,15-16,18-20,24H,1,6-9,12,14,17H2,2-4H3,(H,32,34). The Hall–Kier alpha value is -3.75. The van der Waals surface area contributed by atoms with Gasteiger partial charge in [0.15, 0.2) is 5.82 Å². The van der Waals surface area contributed by atoms with Gasteiger partial charge in [0.25, 0.3) is 0 Å². The molecule has 1 aliphatic heterocycles. The maximum atomic E-state index is 14.9. The minimum atomic E-state index is -0.397. The summed E-state index contributed by atoms with van der Waals surface area (Å²) in [5.74, 6) is 3.17. The molecule has 4 rings (SSSR count). The van der Waals surface area contributed by atoms with Crippen LogP contribution in [-0.2, 0) is 11.3 Å². The van der Waals surface area contributed by atoms with Gasteiger partial charge in [0.1, 0.15) is 29.4 Å². The summed E-state index contributed by atoms with van der Waals surface area (Å²) < 4.78 is 24.0. The number of hydrogen-bond acceptors (Lipinski definition) is 6. The molecule has 0 aliphatic carbocycles. The lowest BCUT2D eigenvalue weighted by molar-refractivity contribution is 0.242. The number of anilines is 2. The zero-order valence-corrected chi connectivity index (χ0v) is 21.9. The lowest BCUT2D eigenvalue weighted by atomic mass is 9.85. The first-order valence-electron chi connectivity index (χ1n) is 13.0. The van der Waals surface area contributed by atoms with Gasteiger partial charge in [0.2, 0.25) is 5.95 Å². The van der Waals surface area contributed by atoms with Crippen molar-refractivity contribution in [2.75, 3.05) is 11.9 Å². The summed E-state index contributed by atoms with van der Waals surface area (Å²) in [5.41, 5.74) is 0.936. The number of fused-ring (bicyclic) bond motifs is 1. The largest absolute Gasteiger partial charge is 0.494 e. The van der Waals surface area contributed by atoms with E-state index in [2.05, 4.69) is 35.0 Å². The van der Waals surface area contributed by atoms with Gasteiger partial charge in [-0.25, -0.2) is 18.7 Å². The van der Waals surface area contributed by atoms with Gasteiger partial charge < -0.3 is 10.1 Å². The molecule has 3 heterocycles. The first-order chi connectivity index (χ1) is 18.0. The molecule has 0 spiro atoms. The molecule has 37 heavy (non-hydrogen) atoms. The van der Waals surface area contributed by atoms with Crippen LogP contribution in [0.4, 0.5) is 16.0 Å². The molecule has 3 aromatic rings. The second-order valence-corrected chi connectivity index (χ2v) is 9.34. The SMILES string of the molecule is C=CC=C(C=CCC(C)C1CCCCCn2nc(Nc3ccc(-n4ncnc4C)c(F)c3)nc21)OCC. The predicted octanol–water partition coefficient (Wildman–Crippen LogP) is 6.40. The molecule has 0 bridgehead atoms. The first-order valence-corrected chi connectivity index (χ1v) is 13.0. The van der Waals surface area contributed by atoms with E-state index < -0.39 is 5.82 Å². The van der Waals surface area contributed by atoms with Gasteiger partial charge in [-0.15, -0.1) is 5.10 Å². The minimum Gasteiger partial charge on any atom is -0.494 e. The van der Waals surface area contributed by atoms with Crippen LogP contribution in [0.5, 0.6) is 0 Å². The fourth-order valence-electron chi connectivity index (χ4n) is 4.74. The molecule has 0 saturated heterocycles. The lowest BCUT2D eigenvalue weighted by Crippen LogP contribution is -2.18. The Labute approximate surface area is 218 Å². The Balaban J connectivity index is 1.51. The van der Waals surface area contributed by atoms with Gasteiger partial charge in [-0.1, -0.05) is 38.5 Å². The fraction of sp³-hybridized carbons (Fsp3) is 0.429. The van der Waals surface area contributed by atoms with Crippen molar-refractivity contribution in [2.24, 2.45) is 5.92 Å². The molecule has 9 heteroatoms. The van der Waals surface area contributed by atoms with E-state index in [0.29, 0.717) is 35.7 Å². The van der Waals surface area contributed by atoms with E-state index in [9.17, 15) is 4.39 Å². The summed E-state index contributed by atoms with van der Waals surface area (Å²) in [5, 5.41) is 12.0. The number of ether oxygens (including phenoxy) is 1. The molecule has 1 N–H and O–H groups in total. The van der Waals surface area contributed by atoms with Gasteiger partial charge in [-0.3, -0.25) is 0 Å². The van der Waals surface area contributed by atoms with Crippen molar-refractivity contribution < 1.29 is 9.13 Å². The molecule has 8 nitrogen and oxygen atoms in total. The van der Waals surface area contributed by atoms with Crippen LogP contribution >= 0.6 is 0 Å². The van der Waals surface area contributed by atoms with Crippen LogP contribution in [0, 0.1) is 18.7 Å². The number of nitrogens with one attached hydrogen (secondary N) is 1. The minimum absolute atomic E-state index is 0.279. The molecule has 1 aliphatic rings. The number of aryl methyl sites for hydroxylation is 2. The first kappa shape index (κ1) is 26.3. The van der Waals surface area contributed by atoms with Crippen LogP contribution in [-0.4, -0.2) is 36.1 Å². The Morgan fingerprint density at radius 1 is 1.32 bits per heavy atom. The normalized spacial score (nSPS) is 17.2. The molecule has 2 unspecified atom stereocenters. The van der Waals surface area contributed by atoms with E-state index in [1.54, 1.807) is 25.1 Å². The van der Waals surface area contributed by atoms with Crippen molar-refractivity contribution in [3.63, 3.8) is 0 Å². The molecule has 2 aromatic heterocycles. The number of hydrogen-bond donors (Lipinski definition) is 1. The number of benzene rings is 1. The molecule has 0 fully saturated rings.